The molecule has 0 radical (unpaired) electrons. The summed E-state index contributed by atoms with van der Waals surface area (Å²) >= 11 is 0. The molecule has 1 aliphatic carbocycles. The molecular formula is C29H38N2O6. The van der Waals surface area contributed by atoms with Gasteiger partial charge in [-0.1, -0.05) is 55.7 Å². The van der Waals surface area contributed by atoms with Crippen molar-refractivity contribution in [3.8, 4) is 0 Å². The van der Waals surface area contributed by atoms with Crippen molar-refractivity contribution in [2.45, 2.75) is 87.6 Å². The molecule has 6 atom stereocenters. The van der Waals surface area contributed by atoms with Crippen LogP contribution in [-0.2, 0) is 25.5 Å². The molecule has 2 amide bonds. The number of hydrogen-bond acceptors (Lipinski definition) is 5. The number of carbonyl (C=O) groups is 3. The third kappa shape index (κ3) is 4.09. The number of aliphatic carboxylic acids is 1. The molecular weight excluding hydrogens is 472 g/mol. The van der Waals surface area contributed by atoms with Gasteiger partial charge < -0.3 is 24.7 Å². The summed E-state index contributed by atoms with van der Waals surface area (Å²) in [7, 11) is 0. The van der Waals surface area contributed by atoms with Crippen molar-refractivity contribution in [1.82, 2.24) is 9.80 Å². The van der Waals surface area contributed by atoms with Crippen LogP contribution < -0.4 is 0 Å². The minimum atomic E-state index is -1.22. The summed E-state index contributed by atoms with van der Waals surface area (Å²) in [5, 5.41) is 20.7. The lowest BCUT2D eigenvalue weighted by atomic mass is 9.66. The van der Waals surface area contributed by atoms with E-state index in [1.54, 1.807) is 13.0 Å². The lowest BCUT2D eigenvalue weighted by Gasteiger charge is -2.42. The van der Waals surface area contributed by atoms with Crippen molar-refractivity contribution >= 4 is 17.8 Å². The van der Waals surface area contributed by atoms with Gasteiger partial charge in [0.1, 0.15) is 11.6 Å². The van der Waals surface area contributed by atoms with Gasteiger partial charge in [0.05, 0.1) is 30.1 Å². The van der Waals surface area contributed by atoms with Gasteiger partial charge in [-0.2, -0.15) is 0 Å². The number of rotatable bonds is 9. The Balaban J connectivity index is 1.59. The number of amides is 2. The summed E-state index contributed by atoms with van der Waals surface area (Å²) in [6, 6.07) is 7.92. The number of ether oxygens (including phenoxy) is 1. The molecule has 2 bridgehead atoms. The molecule has 2 unspecified atom stereocenters. The number of likely N-dealkylation sites (tertiary alicyclic amines) is 1. The molecule has 4 aliphatic rings. The first-order chi connectivity index (χ1) is 17.8. The molecule has 2 N–H and O–H groups in total. The van der Waals surface area contributed by atoms with Crippen molar-refractivity contribution in [2.75, 3.05) is 13.2 Å². The summed E-state index contributed by atoms with van der Waals surface area (Å²) in [6.07, 6.45) is 7.97. The summed E-state index contributed by atoms with van der Waals surface area (Å²) in [6.45, 7) is 5.65. The van der Waals surface area contributed by atoms with Crippen LogP contribution >= 0.6 is 0 Å². The normalized spacial score (nSPS) is 33.8. The van der Waals surface area contributed by atoms with Crippen molar-refractivity contribution in [2.24, 2.45) is 11.8 Å². The molecule has 3 heterocycles. The molecule has 1 saturated carbocycles. The first kappa shape index (κ1) is 25.9. The summed E-state index contributed by atoms with van der Waals surface area (Å²) < 4.78 is 6.54. The number of benzene rings is 1. The Kier molecular flexibility index (Phi) is 6.92. The van der Waals surface area contributed by atoms with Gasteiger partial charge in [0, 0.05) is 12.6 Å². The van der Waals surface area contributed by atoms with Crippen LogP contribution in [0.25, 0.3) is 0 Å². The summed E-state index contributed by atoms with van der Waals surface area (Å²) in [5.74, 6) is -3.68. The number of carboxylic acid groups (broad SMARTS) is 1. The minimum Gasteiger partial charge on any atom is -0.481 e. The van der Waals surface area contributed by atoms with Crippen LogP contribution in [-0.4, -0.2) is 80.3 Å². The standard InChI is InChI=1S/C29H38N2O6/c1-3-16-30(20-12-8-5-9-13-20)26(34)24-29-15-14-28(2,37-29)23(27(35)36)22(29)25(33)31(24)21(18-32)17-19-10-6-4-7-11-19/h3-4,6-7,10-11,20-24,32H,1,5,8-9,12-18H2,2H3,(H,35,36)/t21-,22+,23-,24?,28+,29?/m1/s1. The van der Waals surface area contributed by atoms with Crippen molar-refractivity contribution < 1.29 is 29.3 Å². The molecule has 200 valence electrons. The van der Waals surface area contributed by atoms with E-state index in [1.165, 1.54) is 4.90 Å². The smallest absolute Gasteiger partial charge is 0.310 e. The molecule has 1 spiro atoms. The first-order valence-corrected chi connectivity index (χ1v) is 13.6. The maximum atomic E-state index is 14.5. The number of carbonyl (C=O) groups excluding carboxylic acids is 2. The zero-order chi connectivity index (χ0) is 26.4. The highest BCUT2D eigenvalue weighted by Crippen LogP contribution is 2.63. The molecule has 1 aromatic rings. The predicted molar refractivity (Wildman–Crippen MR) is 137 cm³/mol. The quantitative estimate of drug-likeness (QED) is 0.495. The average molecular weight is 511 g/mol. The maximum Gasteiger partial charge on any atom is 0.310 e. The van der Waals surface area contributed by atoms with E-state index in [9.17, 15) is 24.6 Å². The number of nitrogens with zero attached hydrogens (tertiary/aromatic N) is 2. The van der Waals surface area contributed by atoms with Crippen LogP contribution in [0, 0.1) is 11.8 Å². The Hall–Kier alpha value is -2.71. The van der Waals surface area contributed by atoms with E-state index in [4.69, 9.17) is 4.74 Å². The Labute approximate surface area is 218 Å². The van der Waals surface area contributed by atoms with Crippen molar-refractivity contribution in [1.29, 1.82) is 0 Å². The highest BCUT2D eigenvalue weighted by molar-refractivity contribution is 5.98. The average Bonchev–Trinajstić information content (AvgIpc) is 3.47. The Bertz CT molecular complexity index is 1060. The van der Waals surface area contributed by atoms with Crippen molar-refractivity contribution in [3.63, 3.8) is 0 Å². The molecule has 0 aromatic heterocycles. The minimum absolute atomic E-state index is 0.0396. The second-order valence-corrected chi connectivity index (χ2v) is 11.4. The van der Waals surface area contributed by atoms with E-state index in [0.29, 0.717) is 25.8 Å². The Morgan fingerprint density at radius 3 is 2.54 bits per heavy atom. The third-order valence-electron chi connectivity index (χ3n) is 9.26. The SMILES string of the molecule is C=CCN(C(=O)C1N([C@@H](CO)Cc2ccccc2)C(=O)[C@@H]2[C@H](C(=O)O)[C@]3(C)CCC12O3)C1CCCCC1. The van der Waals surface area contributed by atoms with Crippen LogP contribution in [0.3, 0.4) is 0 Å². The van der Waals surface area contributed by atoms with E-state index in [2.05, 4.69) is 6.58 Å². The van der Waals surface area contributed by atoms with E-state index in [-0.39, 0.29) is 18.6 Å². The molecule has 37 heavy (non-hydrogen) atoms. The molecule has 8 heteroatoms. The monoisotopic (exact) mass is 510 g/mol. The van der Waals surface area contributed by atoms with Gasteiger partial charge in [-0.3, -0.25) is 14.4 Å². The van der Waals surface area contributed by atoms with Gasteiger partial charge in [-0.15, -0.1) is 6.58 Å². The second kappa shape index (κ2) is 9.87. The number of aliphatic hydroxyl groups is 1. The predicted octanol–water partition coefficient (Wildman–Crippen LogP) is 2.79. The molecule has 4 fully saturated rings. The van der Waals surface area contributed by atoms with Gasteiger partial charge in [0.15, 0.2) is 0 Å². The van der Waals surface area contributed by atoms with Gasteiger partial charge in [0.2, 0.25) is 11.8 Å². The van der Waals surface area contributed by atoms with E-state index in [1.807, 2.05) is 35.2 Å². The first-order valence-electron chi connectivity index (χ1n) is 13.6. The van der Waals surface area contributed by atoms with Gasteiger partial charge in [-0.25, -0.2) is 0 Å². The second-order valence-electron chi connectivity index (χ2n) is 11.4. The van der Waals surface area contributed by atoms with Gasteiger partial charge >= 0.3 is 5.97 Å². The number of aliphatic hydroxyl groups excluding tert-OH is 1. The highest BCUT2D eigenvalue weighted by atomic mass is 16.5. The van der Waals surface area contributed by atoms with Crippen LogP contribution in [0.2, 0.25) is 0 Å². The highest BCUT2D eigenvalue weighted by Gasteiger charge is 2.79. The molecule has 1 aromatic carbocycles. The van der Waals surface area contributed by atoms with E-state index in [0.717, 1.165) is 37.7 Å². The lowest BCUT2D eigenvalue weighted by molar-refractivity contribution is -0.159. The summed E-state index contributed by atoms with van der Waals surface area (Å²) in [5.41, 5.74) is -1.29. The Morgan fingerprint density at radius 2 is 1.92 bits per heavy atom. The number of carboxylic acids is 1. The van der Waals surface area contributed by atoms with Gasteiger partial charge in [-0.05, 0) is 44.6 Å². The largest absolute Gasteiger partial charge is 0.481 e. The maximum absolute atomic E-state index is 14.5. The fourth-order valence-corrected chi connectivity index (χ4v) is 7.66. The van der Waals surface area contributed by atoms with Crippen molar-refractivity contribution in [3.05, 3.63) is 48.6 Å². The van der Waals surface area contributed by atoms with E-state index < -0.39 is 47.0 Å². The lowest BCUT2D eigenvalue weighted by Crippen LogP contribution is -2.60. The number of hydrogen-bond donors (Lipinski definition) is 2. The molecule has 3 saturated heterocycles. The van der Waals surface area contributed by atoms with Crippen LogP contribution in [0.1, 0.15) is 57.4 Å². The zero-order valence-electron chi connectivity index (χ0n) is 21.6. The number of fused-ring (bicyclic) bond motifs is 1. The zero-order valence-corrected chi connectivity index (χ0v) is 21.6. The van der Waals surface area contributed by atoms with Crippen LogP contribution in [0.5, 0.6) is 0 Å². The van der Waals surface area contributed by atoms with Crippen LogP contribution in [0.4, 0.5) is 0 Å². The van der Waals surface area contributed by atoms with Crippen LogP contribution in [0.15, 0.2) is 43.0 Å². The molecule has 3 aliphatic heterocycles. The topological polar surface area (TPSA) is 107 Å². The summed E-state index contributed by atoms with van der Waals surface area (Å²) in [4.78, 5) is 44.5. The Morgan fingerprint density at radius 1 is 1.22 bits per heavy atom. The van der Waals surface area contributed by atoms with Gasteiger partial charge in [0.25, 0.3) is 0 Å². The van der Waals surface area contributed by atoms with E-state index >= 15 is 0 Å². The molecule has 5 rings (SSSR count). The fraction of sp³-hybridized carbons (Fsp3) is 0.621. The molecule has 8 nitrogen and oxygen atoms in total. The fourth-order valence-electron chi connectivity index (χ4n) is 7.66. The third-order valence-corrected chi connectivity index (χ3v) is 9.26.